The molecule has 0 radical (unpaired) electrons. The maximum Gasteiger partial charge on any atom is 0.451 e. The maximum absolute atomic E-state index is 10.4. The van der Waals surface area contributed by atoms with Gasteiger partial charge in [-0.2, -0.15) is 9.79 Å². The van der Waals surface area contributed by atoms with Crippen LogP contribution in [0.4, 0.5) is 0 Å². The van der Waals surface area contributed by atoms with Gasteiger partial charge < -0.3 is 0 Å². The first kappa shape index (κ1) is 23.4. The second-order valence-electron chi connectivity index (χ2n) is 7.40. The van der Waals surface area contributed by atoms with Crippen molar-refractivity contribution < 1.29 is 14.3 Å². The number of aryl methyl sites for hydroxylation is 2. The van der Waals surface area contributed by atoms with Crippen LogP contribution in [0.15, 0.2) is 18.2 Å². The third kappa shape index (κ3) is 9.90. The zero-order valence-electron chi connectivity index (χ0n) is 17.2. The Labute approximate surface area is 161 Å². The number of hydrogen-bond donors (Lipinski definition) is 2. The second-order valence-corrected chi connectivity index (χ2v) is 9.36. The molecule has 1 aromatic carbocycles. The molecule has 0 aliphatic heterocycles. The van der Waals surface area contributed by atoms with Gasteiger partial charge in [0.2, 0.25) is 0 Å². The Balaban J connectivity index is 2.63. The quantitative estimate of drug-likeness (QED) is 0.257. The molecule has 0 amide bonds. The fourth-order valence-electron chi connectivity index (χ4n) is 3.12. The molecule has 1 rings (SSSR count). The van der Waals surface area contributed by atoms with Gasteiger partial charge in [0.25, 0.3) is 0 Å². The summed E-state index contributed by atoms with van der Waals surface area (Å²) in [6.45, 7) is 6.58. The zero-order chi connectivity index (χ0) is 19.3. The smallest absolute Gasteiger partial charge is 0.287 e. The lowest BCUT2D eigenvalue weighted by Gasteiger charge is -2.16. The molecule has 4 heteroatoms. The van der Waals surface area contributed by atoms with E-state index in [1.807, 2.05) is 6.07 Å². The minimum absolute atomic E-state index is 0.365. The molecule has 3 nitrogen and oxygen atoms in total. The lowest BCUT2D eigenvalue weighted by molar-refractivity contribution is 0.335. The summed E-state index contributed by atoms with van der Waals surface area (Å²) in [6.07, 6.45) is 13.7. The van der Waals surface area contributed by atoms with E-state index in [1.54, 1.807) is 0 Å². The highest BCUT2D eigenvalue weighted by Gasteiger charge is 2.37. The average Bonchev–Trinajstić information content (AvgIpc) is 2.62. The van der Waals surface area contributed by atoms with Gasteiger partial charge in [0.05, 0.1) is 0 Å². The number of rotatable bonds is 15. The van der Waals surface area contributed by atoms with Gasteiger partial charge in [-0.3, -0.25) is 4.52 Å². The van der Waals surface area contributed by atoms with Crippen molar-refractivity contribution in [1.82, 2.24) is 0 Å². The van der Waals surface area contributed by atoms with Crippen LogP contribution in [0.5, 0.6) is 5.75 Å². The molecule has 0 atom stereocenters. The van der Waals surface area contributed by atoms with Crippen molar-refractivity contribution in [2.24, 2.45) is 0 Å². The van der Waals surface area contributed by atoms with Crippen molar-refractivity contribution >= 4 is 7.94 Å². The highest BCUT2D eigenvalue weighted by molar-refractivity contribution is 7.60. The van der Waals surface area contributed by atoms with Gasteiger partial charge in [-0.25, -0.2) is 0 Å². The summed E-state index contributed by atoms with van der Waals surface area (Å²) in [5.74, 6) is 0.669. The van der Waals surface area contributed by atoms with Crippen LogP contribution in [0.2, 0.25) is 0 Å². The summed E-state index contributed by atoms with van der Waals surface area (Å²) in [5, 5.41) is 0. The molecular weight excluding hydrogens is 343 g/mol. The topological polar surface area (TPSA) is 49.7 Å². The van der Waals surface area contributed by atoms with Gasteiger partial charge >= 0.3 is 7.94 Å². The van der Waals surface area contributed by atoms with Crippen LogP contribution in [-0.2, 0) is 12.8 Å². The van der Waals surface area contributed by atoms with Gasteiger partial charge in [-0.15, -0.1) is 0 Å². The summed E-state index contributed by atoms with van der Waals surface area (Å²) in [7, 11) is -3.32. The molecule has 26 heavy (non-hydrogen) atoms. The summed E-state index contributed by atoms with van der Waals surface area (Å²) >= 11 is 0. The molecule has 0 spiro atoms. The molecule has 0 aliphatic carbocycles. The van der Waals surface area contributed by atoms with Crippen LogP contribution in [0.25, 0.3) is 0 Å². The van der Waals surface area contributed by atoms with Gasteiger partial charge in [0.1, 0.15) is 6.16 Å². The van der Waals surface area contributed by atoms with Gasteiger partial charge in [0.15, 0.2) is 5.75 Å². The van der Waals surface area contributed by atoms with Crippen molar-refractivity contribution in [2.75, 3.05) is 6.16 Å². The summed E-state index contributed by atoms with van der Waals surface area (Å²) < 4.78 is 5.74. The molecule has 150 valence electrons. The van der Waals surface area contributed by atoms with Gasteiger partial charge in [0, 0.05) is 5.56 Å². The normalized spacial score (nSPS) is 11.7. The lowest BCUT2D eigenvalue weighted by Crippen LogP contribution is -2.07. The van der Waals surface area contributed by atoms with Crippen LogP contribution in [0, 0.1) is 0 Å². The fourth-order valence-corrected chi connectivity index (χ4v) is 4.34. The van der Waals surface area contributed by atoms with Gasteiger partial charge in [-0.05, 0) is 50.2 Å². The largest absolute Gasteiger partial charge is 0.451 e. The van der Waals surface area contributed by atoms with E-state index in [1.165, 1.54) is 44.1 Å². The number of unbranched alkanes of at least 4 members (excludes halogenated alkanes) is 7. The summed E-state index contributed by atoms with van der Waals surface area (Å²) in [5.41, 5.74) is 2.44. The molecule has 0 bridgehead atoms. The molecule has 2 N–H and O–H groups in total. The molecule has 0 aromatic heterocycles. The molecule has 1 aromatic rings. The Kier molecular flexibility index (Phi) is 12.2. The first-order valence-electron chi connectivity index (χ1n) is 10.7. The van der Waals surface area contributed by atoms with Crippen LogP contribution in [0.3, 0.4) is 0 Å². The Morgan fingerprint density at radius 2 is 1.38 bits per heavy atom. The highest BCUT2D eigenvalue weighted by Crippen LogP contribution is 2.52. The van der Waals surface area contributed by atoms with E-state index in [-0.39, 0.29) is 0 Å². The second kappa shape index (κ2) is 13.5. The third-order valence-corrected chi connectivity index (χ3v) is 6.18. The standard InChI is InChI=1S/C22H40O3P/c1-4-7-10-11-12-13-18-26(23,24)25-22-17-16-20(14-8-5-2)19-21(22)15-9-6-3/h16-17,19,23-24H,4-15,18H2,1-3H3/q+1. The number of benzene rings is 1. The van der Waals surface area contributed by atoms with Crippen molar-refractivity contribution in [1.29, 1.82) is 0 Å². The Morgan fingerprint density at radius 1 is 0.769 bits per heavy atom. The average molecular weight is 384 g/mol. The van der Waals surface area contributed by atoms with Crippen molar-refractivity contribution in [3.8, 4) is 5.75 Å². The fraction of sp³-hybridized carbons (Fsp3) is 0.727. The molecule has 0 fully saturated rings. The highest BCUT2D eigenvalue weighted by atomic mass is 31.2. The van der Waals surface area contributed by atoms with Crippen molar-refractivity contribution in [3.05, 3.63) is 29.3 Å². The SMILES string of the molecule is CCCCCCCC[P+](O)(O)Oc1ccc(CCCC)cc1CCCC. The van der Waals surface area contributed by atoms with E-state index in [9.17, 15) is 9.79 Å². The molecule has 0 aliphatic rings. The zero-order valence-corrected chi connectivity index (χ0v) is 18.1. The molecule has 0 saturated carbocycles. The Bertz CT molecular complexity index is 488. The Morgan fingerprint density at radius 3 is 2.08 bits per heavy atom. The van der Waals surface area contributed by atoms with Crippen LogP contribution in [-0.4, -0.2) is 15.9 Å². The molecule has 0 saturated heterocycles. The van der Waals surface area contributed by atoms with Crippen molar-refractivity contribution in [3.63, 3.8) is 0 Å². The monoisotopic (exact) mass is 383 g/mol. The molecule has 0 heterocycles. The van der Waals surface area contributed by atoms with Crippen molar-refractivity contribution in [2.45, 2.75) is 97.8 Å². The Hall–Kier alpha value is -0.630. The number of hydrogen-bond acceptors (Lipinski definition) is 3. The van der Waals surface area contributed by atoms with E-state index in [4.69, 9.17) is 4.52 Å². The van der Waals surface area contributed by atoms with Crippen LogP contribution >= 0.6 is 7.94 Å². The van der Waals surface area contributed by atoms with E-state index in [0.29, 0.717) is 11.9 Å². The minimum atomic E-state index is -3.32. The summed E-state index contributed by atoms with van der Waals surface area (Å²) in [6, 6.07) is 6.22. The predicted molar refractivity (Wildman–Crippen MR) is 114 cm³/mol. The maximum atomic E-state index is 10.4. The predicted octanol–water partition coefficient (Wildman–Crippen LogP) is 6.86. The molecular formula is C22H40O3P+. The summed E-state index contributed by atoms with van der Waals surface area (Å²) in [4.78, 5) is 20.8. The third-order valence-electron chi connectivity index (χ3n) is 4.79. The first-order chi connectivity index (χ1) is 12.5. The van der Waals surface area contributed by atoms with Gasteiger partial charge in [-0.1, -0.05) is 71.4 Å². The first-order valence-corrected chi connectivity index (χ1v) is 12.5. The van der Waals surface area contributed by atoms with E-state index in [0.717, 1.165) is 44.1 Å². The minimum Gasteiger partial charge on any atom is -0.287 e. The van der Waals surface area contributed by atoms with E-state index < -0.39 is 7.94 Å². The van der Waals surface area contributed by atoms with Crippen LogP contribution < -0.4 is 4.52 Å². The lowest BCUT2D eigenvalue weighted by atomic mass is 10.0. The van der Waals surface area contributed by atoms with E-state index in [2.05, 4.69) is 32.9 Å². The van der Waals surface area contributed by atoms with Crippen LogP contribution in [0.1, 0.15) is 96.1 Å². The molecule has 0 unspecified atom stereocenters. The van der Waals surface area contributed by atoms with E-state index >= 15 is 0 Å².